The number of thiophene rings is 1. The molecule has 0 spiro atoms. The fourth-order valence-corrected chi connectivity index (χ4v) is 2.66. The highest BCUT2D eigenvalue weighted by molar-refractivity contribution is 7.16. The normalized spacial score (nSPS) is 21.1. The first-order valence-corrected chi connectivity index (χ1v) is 6.37. The van der Waals surface area contributed by atoms with Crippen LogP contribution >= 0.6 is 11.3 Å². The van der Waals surface area contributed by atoms with Crippen molar-refractivity contribution in [2.45, 2.75) is 18.9 Å². The van der Waals surface area contributed by atoms with E-state index in [1.165, 1.54) is 6.42 Å². The highest BCUT2D eigenvalue weighted by Gasteiger charge is 2.16. The molecule has 0 aliphatic carbocycles. The van der Waals surface area contributed by atoms with Gasteiger partial charge in [0.25, 0.3) is 0 Å². The van der Waals surface area contributed by atoms with Gasteiger partial charge in [0, 0.05) is 6.54 Å². The molecular weight excluding hydrogens is 222 g/mol. The summed E-state index contributed by atoms with van der Waals surface area (Å²) in [6.07, 6.45) is 4.09. The SMILES string of the molecule is c1nc(O[C@H]2CCCNC2)c2ccsc2n1. The summed E-state index contributed by atoms with van der Waals surface area (Å²) in [5.74, 6) is 0.722. The number of nitrogens with zero attached hydrogens (tertiary/aromatic N) is 2. The zero-order valence-electron chi connectivity index (χ0n) is 8.85. The molecule has 84 valence electrons. The molecule has 2 aromatic rings. The highest BCUT2D eigenvalue weighted by Crippen LogP contribution is 2.26. The molecule has 1 saturated heterocycles. The molecule has 1 aliphatic rings. The fraction of sp³-hybridized carbons (Fsp3) is 0.455. The third-order valence-corrected chi connectivity index (χ3v) is 3.58. The van der Waals surface area contributed by atoms with Gasteiger partial charge in [-0.2, -0.15) is 0 Å². The maximum absolute atomic E-state index is 5.92. The van der Waals surface area contributed by atoms with Gasteiger partial charge in [0.2, 0.25) is 5.88 Å². The van der Waals surface area contributed by atoms with Crippen molar-refractivity contribution in [2.24, 2.45) is 0 Å². The maximum Gasteiger partial charge on any atom is 0.225 e. The van der Waals surface area contributed by atoms with Crippen molar-refractivity contribution in [2.75, 3.05) is 13.1 Å². The van der Waals surface area contributed by atoms with E-state index < -0.39 is 0 Å². The second-order valence-corrected chi connectivity index (χ2v) is 4.80. The number of rotatable bonds is 2. The molecule has 3 rings (SSSR count). The van der Waals surface area contributed by atoms with Gasteiger partial charge in [-0.1, -0.05) is 0 Å². The number of hydrogen-bond acceptors (Lipinski definition) is 5. The van der Waals surface area contributed by atoms with Crippen LogP contribution in [-0.2, 0) is 0 Å². The van der Waals surface area contributed by atoms with Gasteiger partial charge in [-0.25, -0.2) is 9.97 Å². The lowest BCUT2D eigenvalue weighted by molar-refractivity contribution is 0.162. The van der Waals surface area contributed by atoms with Gasteiger partial charge in [0.1, 0.15) is 17.3 Å². The van der Waals surface area contributed by atoms with Crippen LogP contribution < -0.4 is 10.1 Å². The Morgan fingerprint density at radius 2 is 2.44 bits per heavy atom. The number of fused-ring (bicyclic) bond motifs is 1. The predicted octanol–water partition coefficient (Wildman–Crippen LogP) is 1.82. The van der Waals surface area contributed by atoms with E-state index in [4.69, 9.17) is 4.74 Å². The number of aromatic nitrogens is 2. The summed E-state index contributed by atoms with van der Waals surface area (Å²) in [5, 5.41) is 6.38. The Labute approximate surface area is 97.7 Å². The summed E-state index contributed by atoms with van der Waals surface area (Å²) in [7, 11) is 0. The molecule has 1 N–H and O–H groups in total. The zero-order chi connectivity index (χ0) is 10.8. The second-order valence-electron chi connectivity index (χ2n) is 3.90. The third kappa shape index (κ3) is 1.88. The van der Waals surface area contributed by atoms with Crippen LogP contribution in [0.3, 0.4) is 0 Å². The minimum atomic E-state index is 0.242. The maximum atomic E-state index is 5.92. The zero-order valence-corrected chi connectivity index (χ0v) is 9.67. The number of hydrogen-bond donors (Lipinski definition) is 1. The van der Waals surface area contributed by atoms with Crippen LogP contribution in [0, 0.1) is 0 Å². The quantitative estimate of drug-likeness (QED) is 0.862. The Morgan fingerprint density at radius 3 is 3.31 bits per heavy atom. The summed E-state index contributed by atoms with van der Waals surface area (Å²) in [6.45, 7) is 2.01. The van der Waals surface area contributed by atoms with Gasteiger partial charge in [-0.15, -0.1) is 11.3 Å². The molecule has 4 nitrogen and oxygen atoms in total. The smallest absolute Gasteiger partial charge is 0.225 e. The van der Waals surface area contributed by atoms with E-state index in [1.54, 1.807) is 17.7 Å². The molecule has 0 bridgehead atoms. The Kier molecular flexibility index (Phi) is 2.71. The van der Waals surface area contributed by atoms with Crippen LogP contribution in [0.4, 0.5) is 0 Å². The molecule has 1 aliphatic heterocycles. The average molecular weight is 235 g/mol. The van der Waals surface area contributed by atoms with Crippen molar-refractivity contribution >= 4 is 21.6 Å². The third-order valence-electron chi connectivity index (χ3n) is 2.76. The van der Waals surface area contributed by atoms with E-state index in [9.17, 15) is 0 Å². The van der Waals surface area contributed by atoms with Crippen LogP contribution in [0.1, 0.15) is 12.8 Å². The van der Waals surface area contributed by atoms with Crippen molar-refractivity contribution in [3.05, 3.63) is 17.8 Å². The topological polar surface area (TPSA) is 47.0 Å². The van der Waals surface area contributed by atoms with E-state index in [0.717, 1.165) is 35.6 Å². The Hall–Kier alpha value is -1.20. The molecule has 0 amide bonds. The molecule has 1 atom stereocenters. The minimum Gasteiger partial charge on any atom is -0.472 e. The summed E-state index contributed by atoms with van der Waals surface area (Å²) in [4.78, 5) is 9.42. The monoisotopic (exact) mass is 235 g/mol. The summed E-state index contributed by atoms with van der Waals surface area (Å²) in [6, 6.07) is 2.02. The summed E-state index contributed by atoms with van der Waals surface area (Å²) in [5.41, 5.74) is 0. The van der Waals surface area contributed by atoms with Gasteiger partial charge in [-0.3, -0.25) is 0 Å². The Morgan fingerprint density at radius 1 is 1.44 bits per heavy atom. The Balaban J connectivity index is 1.85. The predicted molar refractivity (Wildman–Crippen MR) is 63.9 cm³/mol. The molecule has 0 aromatic carbocycles. The summed E-state index contributed by atoms with van der Waals surface area (Å²) < 4.78 is 5.92. The van der Waals surface area contributed by atoms with Crippen molar-refractivity contribution in [3.63, 3.8) is 0 Å². The fourth-order valence-electron chi connectivity index (χ4n) is 1.94. The van der Waals surface area contributed by atoms with Crippen LogP contribution in [-0.4, -0.2) is 29.2 Å². The van der Waals surface area contributed by atoms with Gasteiger partial charge in [0.05, 0.1) is 5.39 Å². The number of ether oxygens (including phenoxy) is 1. The largest absolute Gasteiger partial charge is 0.472 e. The van der Waals surface area contributed by atoms with Crippen LogP contribution in [0.15, 0.2) is 17.8 Å². The van der Waals surface area contributed by atoms with Gasteiger partial charge in [-0.05, 0) is 30.8 Å². The van der Waals surface area contributed by atoms with Crippen molar-refractivity contribution in [1.82, 2.24) is 15.3 Å². The molecule has 5 heteroatoms. The lowest BCUT2D eigenvalue weighted by Crippen LogP contribution is -2.37. The van der Waals surface area contributed by atoms with Crippen molar-refractivity contribution in [1.29, 1.82) is 0 Å². The van der Waals surface area contributed by atoms with Gasteiger partial charge >= 0.3 is 0 Å². The summed E-state index contributed by atoms with van der Waals surface area (Å²) >= 11 is 1.62. The first kappa shape index (κ1) is 9.99. The van der Waals surface area contributed by atoms with Crippen LogP contribution in [0.2, 0.25) is 0 Å². The van der Waals surface area contributed by atoms with E-state index in [-0.39, 0.29) is 6.10 Å². The second kappa shape index (κ2) is 4.35. The van der Waals surface area contributed by atoms with E-state index >= 15 is 0 Å². The lowest BCUT2D eigenvalue weighted by Gasteiger charge is -2.23. The number of nitrogens with one attached hydrogen (secondary N) is 1. The number of piperidine rings is 1. The van der Waals surface area contributed by atoms with E-state index in [2.05, 4.69) is 15.3 Å². The van der Waals surface area contributed by atoms with Crippen molar-refractivity contribution < 1.29 is 4.74 Å². The first-order valence-electron chi connectivity index (χ1n) is 5.49. The van der Waals surface area contributed by atoms with E-state index in [0.29, 0.717) is 0 Å². The highest BCUT2D eigenvalue weighted by atomic mass is 32.1. The first-order chi connectivity index (χ1) is 7.93. The Bertz CT molecular complexity index is 479. The molecule has 0 unspecified atom stereocenters. The van der Waals surface area contributed by atoms with Gasteiger partial charge < -0.3 is 10.1 Å². The molecule has 0 radical (unpaired) electrons. The van der Waals surface area contributed by atoms with E-state index in [1.807, 2.05) is 11.4 Å². The molecule has 3 heterocycles. The molecule has 1 fully saturated rings. The molecule has 2 aromatic heterocycles. The molecular formula is C11H13N3OS. The molecule has 16 heavy (non-hydrogen) atoms. The minimum absolute atomic E-state index is 0.242. The van der Waals surface area contributed by atoms with Crippen LogP contribution in [0.5, 0.6) is 5.88 Å². The van der Waals surface area contributed by atoms with Gasteiger partial charge in [0.15, 0.2) is 0 Å². The van der Waals surface area contributed by atoms with Crippen molar-refractivity contribution in [3.8, 4) is 5.88 Å². The average Bonchev–Trinajstić information content (AvgIpc) is 2.80. The lowest BCUT2D eigenvalue weighted by atomic mass is 10.1. The standard InChI is InChI=1S/C11H13N3OS/c1-2-8(6-12-4-1)15-10-9-3-5-16-11(9)14-7-13-10/h3,5,7-8,12H,1-2,4,6H2/t8-/m0/s1. The van der Waals surface area contributed by atoms with Crippen LogP contribution in [0.25, 0.3) is 10.2 Å². The molecule has 0 saturated carbocycles.